The maximum absolute atomic E-state index is 11.6. The Balaban J connectivity index is 1.59. The van der Waals surface area contributed by atoms with E-state index in [2.05, 4.69) is 10.6 Å². The molecule has 0 unspecified atom stereocenters. The van der Waals surface area contributed by atoms with Gasteiger partial charge < -0.3 is 10.6 Å². The molecule has 16 heavy (non-hydrogen) atoms. The van der Waals surface area contributed by atoms with E-state index in [0.29, 0.717) is 12.0 Å². The SMILES string of the molecule is O=C(NCC1CCSCC1)NC1CCCC1. The summed E-state index contributed by atoms with van der Waals surface area (Å²) >= 11 is 2.03. The van der Waals surface area contributed by atoms with Crippen LogP contribution < -0.4 is 10.6 Å². The first-order valence-electron chi connectivity index (χ1n) is 6.46. The van der Waals surface area contributed by atoms with Gasteiger partial charge in [-0.1, -0.05) is 12.8 Å². The average molecular weight is 242 g/mol. The number of carbonyl (C=O) groups is 1. The van der Waals surface area contributed by atoms with Crippen LogP contribution in [0.4, 0.5) is 4.79 Å². The fourth-order valence-electron chi connectivity index (χ4n) is 2.49. The smallest absolute Gasteiger partial charge is 0.315 e. The van der Waals surface area contributed by atoms with Crippen molar-refractivity contribution in [2.24, 2.45) is 5.92 Å². The van der Waals surface area contributed by atoms with Gasteiger partial charge in [-0.05, 0) is 43.1 Å². The van der Waals surface area contributed by atoms with Crippen LogP contribution in [0.15, 0.2) is 0 Å². The first-order chi connectivity index (χ1) is 7.84. The van der Waals surface area contributed by atoms with Gasteiger partial charge in [0, 0.05) is 12.6 Å². The second-order valence-electron chi connectivity index (χ2n) is 4.89. The molecule has 1 heterocycles. The van der Waals surface area contributed by atoms with Gasteiger partial charge in [-0.3, -0.25) is 0 Å². The first-order valence-corrected chi connectivity index (χ1v) is 7.62. The molecular formula is C12H22N2OS. The van der Waals surface area contributed by atoms with Crippen LogP contribution in [-0.2, 0) is 0 Å². The molecule has 2 rings (SSSR count). The standard InChI is InChI=1S/C12H22N2OS/c15-12(14-11-3-1-2-4-11)13-9-10-5-7-16-8-6-10/h10-11H,1-9H2,(H2,13,14,15). The predicted octanol–water partition coefficient (Wildman–Crippen LogP) is 2.37. The average Bonchev–Trinajstić information content (AvgIpc) is 2.81. The summed E-state index contributed by atoms with van der Waals surface area (Å²) in [6.45, 7) is 0.860. The third-order valence-corrected chi connectivity index (χ3v) is 4.63. The Morgan fingerprint density at radius 3 is 2.50 bits per heavy atom. The number of urea groups is 1. The summed E-state index contributed by atoms with van der Waals surface area (Å²) in [7, 11) is 0. The van der Waals surface area contributed by atoms with E-state index < -0.39 is 0 Å². The van der Waals surface area contributed by atoms with Crippen molar-refractivity contribution in [3.63, 3.8) is 0 Å². The molecule has 1 aliphatic carbocycles. The zero-order chi connectivity index (χ0) is 11.2. The van der Waals surface area contributed by atoms with Gasteiger partial charge in [0.15, 0.2) is 0 Å². The summed E-state index contributed by atoms with van der Waals surface area (Å²) in [4.78, 5) is 11.6. The van der Waals surface area contributed by atoms with Crippen molar-refractivity contribution in [2.45, 2.75) is 44.6 Å². The Labute approximate surface area is 102 Å². The molecule has 0 aromatic rings. The third-order valence-electron chi connectivity index (χ3n) is 3.58. The molecule has 0 bridgehead atoms. The monoisotopic (exact) mass is 242 g/mol. The molecule has 1 aliphatic heterocycles. The highest BCUT2D eigenvalue weighted by atomic mass is 32.2. The van der Waals surface area contributed by atoms with E-state index in [1.54, 1.807) is 0 Å². The van der Waals surface area contributed by atoms with Gasteiger partial charge in [0.25, 0.3) is 0 Å². The Hall–Kier alpha value is -0.380. The van der Waals surface area contributed by atoms with Crippen molar-refractivity contribution in [2.75, 3.05) is 18.1 Å². The largest absolute Gasteiger partial charge is 0.338 e. The minimum Gasteiger partial charge on any atom is -0.338 e. The molecule has 0 spiro atoms. The molecular weight excluding hydrogens is 220 g/mol. The summed E-state index contributed by atoms with van der Waals surface area (Å²) in [5.41, 5.74) is 0. The number of nitrogens with one attached hydrogen (secondary N) is 2. The van der Waals surface area contributed by atoms with Crippen molar-refractivity contribution in [3.05, 3.63) is 0 Å². The van der Waals surface area contributed by atoms with E-state index in [1.807, 2.05) is 11.8 Å². The lowest BCUT2D eigenvalue weighted by molar-refractivity contribution is 0.234. The lowest BCUT2D eigenvalue weighted by atomic mass is 10.0. The van der Waals surface area contributed by atoms with Gasteiger partial charge in [0.1, 0.15) is 0 Å². The van der Waals surface area contributed by atoms with Crippen molar-refractivity contribution < 1.29 is 4.79 Å². The van der Waals surface area contributed by atoms with E-state index in [4.69, 9.17) is 0 Å². The molecule has 1 saturated carbocycles. The highest BCUT2D eigenvalue weighted by Crippen LogP contribution is 2.22. The number of thioether (sulfide) groups is 1. The highest BCUT2D eigenvalue weighted by molar-refractivity contribution is 7.99. The molecule has 2 amide bonds. The minimum absolute atomic E-state index is 0.0464. The summed E-state index contributed by atoms with van der Waals surface area (Å²) in [5, 5.41) is 6.08. The van der Waals surface area contributed by atoms with Gasteiger partial charge in [-0.2, -0.15) is 11.8 Å². The summed E-state index contributed by atoms with van der Waals surface area (Å²) in [5.74, 6) is 3.23. The van der Waals surface area contributed by atoms with Crippen LogP contribution in [-0.4, -0.2) is 30.1 Å². The van der Waals surface area contributed by atoms with Crippen LogP contribution in [0.2, 0.25) is 0 Å². The molecule has 1 saturated heterocycles. The lowest BCUT2D eigenvalue weighted by Crippen LogP contribution is -2.43. The van der Waals surface area contributed by atoms with Crippen LogP contribution in [0.25, 0.3) is 0 Å². The van der Waals surface area contributed by atoms with E-state index in [1.165, 1.54) is 37.2 Å². The number of hydrogen-bond acceptors (Lipinski definition) is 2. The lowest BCUT2D eigenvalue weighted by Gasteiger charge is -2.22. The van der Waals surface area contributed by atoms with E-state index >= 15 is 0 Å². The zero-order valence-corrected chi connectivity index (χ0v) is 10.7. The molecule has 2 fully saturated rings. The first kappa shape index (κ1) is 12.1. The van der Waals surface area contributed by atoms with Crippen LogP contribution in [0.3, 0.4) is 0 Å². The maximum Gasteiger partial charge on any atom is 0.315 e. The van der Waals surface area contributed by atoms with Crippen molar-refractivity contribution in [1.82, 2.24) is 10.6 Å². The van der Waals surface area contributed by atoms with Gasteiger partial charge in [-0.25, -0.2) is 4.79 Å². The molecule has 2 aliphatic rings. The van der Waals surface area contributed by atoms with E-state index in [9.17, 15) is 4.79 Å². The second kappa shape index (κ2) is 6.38. The van der Waals surface area contributed by atoms with Crippen LogP contribution in [0.1, 0.15) is 38.5 Å². The molecule has 4 heteroatoms. The quantitative estimate of drug-likeness (QED) is 0.798. The fourth-order valence-corrected chi connectivity index (χ4v) is 3.70. The highest BCUT2D eigenvalue weighted by Gasteiger charge is 2.18. The number of rotatable bonds is 3. The third kappa shape index (κ3) is 3.89. The number of amides is 2. The van der Waals surface area contributed by atoms with Crippen molar-refractivity contribution in [1.29, 1.82) is 0 Å². The molecule has 0 radical (unpaired) electrons. The molecule has 92 valence electrons. The number of hydrogen-bond donors (Lipinski definition) is 2. The predicted molar refractivity (Wildman–Crippen MR) is 68.8 cm³/mol. The Bertz CT molecular complexity index is 223. The Kier molecular flexibility index (Phi) is 4.82. The van der Waals surface area contributed by atoms with Gasteiger partial charge in [0.2, 0.25) is 0 Å². The molecule has 0 aromatic carbocycles. The second-order valence-corrected chi connectivity index (χ2v) is 6.12. The number of carbonyl (C=O) groups excluding carboxylic acids is 1. The topological polar surface area (TPSA) is 41.1 Å². The molecule has 2 N–H and O–H groups in total. The summed E-state index contributed by atoms with van der Waals surface area (Å²) in [6, 6.07) is 0.479. The van der Waals surface area contributed by atoms with Gasteiger partial charge >= 0.3 is 6.03 Å². The Morgan fingerprint density at radius 2 is 1.81 bits per heavy atom. The van der Waals surface area contributed by atoms with Gasteiger partial charge in [0.05, 0.1) is 0 Å². The summed E-state index contributed by atoms with van der Waals surface area (Å²) < 4.78 is 0. The maximum atomic E-state index is 11.6. The normalized spacial score (nSPS) is 23.2. The van der Waals surface area contributed by atoms with Crippen molar-refractivity contribution in [3.8, 4) is 0 Å². The molecule has 0 aromatic heterocycles. The van der Waals surface area contributed by atoms with E-state index in [0.717, 1.165) is 19.4 Å². The van der Waals surface area contributed by atoms with Crippen LogP contribution in [0, 0.1) is 5.92 Å². The molecule has 0 atom stereocenters. The van der Waals surface area contributed by atoms with Gasteiger partial charge in [-0.15, -0.1) is 0 Å². The Morgan fingerprint density at radius 1 is 1.12 bits per heavy atom. The van der Waals surface area contributed by atoms with Crippen molar-refractivity contribution >= 4 is 17.8 Å². The van der Waals surface area contributed by atoms with Crippen LogP contribution in [0.5, 0.6) is 0 Å². The summed E-state index contributed by atoms with van der Waals surface area (Å²) in [6.07, 6.45) is 7.37. The zero-order valence-electron chi connectivity index (χ0n) is 9.84. The fraction of sp³-hybridized carbons (Fsp3) is 0.917. The minimum atomic E-state index is 0.0464. The van der Waals surface area contributed by atoms with E-state index in [-0.39, 0.29) is 6.03 Å². The van der Waals surface area contributed by atoms with Crippen LogP contribution >= 0.6 is 11.8 Å². The molecule has 3 nitrogen and oxygen atoms in total.